The first-order valence-electron chi connectivity index (χ1n) is 10.4. The van der Waals surface area contributed by atoms with E-state index in [1.54, 1.807) is 0 Å². The summed E-state index contributed by atoms with van der Waals surface area (Å²) >= 11 is 0. The van der Waals surface area contributed by atoms with Crippen molar-refractivity contribution in [1.29, 1.82) is 0 Å². The third kappa shape index (κ3) is 4.85. The fraction of sp³-hybridized carbons (Fsp3) is 0.130. The van der Waals surface area contributed by atoms with Gasteiger partial charge in [-0.25, -0.2) is 0 Å². The lowest BCUT2D eigenvalue weighted by Crippen LogP contribution is -2.32. The van der Waals surface area contributed by atoms with Gasteiger partial charge in [-0.2, -0.15) is 43.2 Å². The van der Waals surface area contributed by atoms with Crippen LogP contribution in [0.15, 0.2) is 54.6 Å². The number of ether oxygens (including phenoxy) is 1. The van der Waals surface area contributed by atoms with Crippen molar-refractivity contribution >= 4 is 31.8 Å². The standard InChI is InChI=1S/C23H12F6O9S2/c1-36-12-8-6-11(7-9-12)15-10-16(37-39(32,33)22(24,25)26)21(38-40(34,35)23(27,28)29)18-17(15)19(30)13-4-2-3-5-14(13)20(18)31/h2-10H,1H3. The smallest absolute Gasteiger partial charge is 0.497 e. The number of carbonyl (C=O) groups is 2. The average Bonchev–Trinajstić information content (AvgIpc) is 2.86. The highest BCUT2D eigenvalue weighted by Gasteiger charge is 2.52. The van der Waals surface area contributed by atoms with Gasteiger partial charge >= 0.3 is 31.3 Å². The molecule has 0 bridgehead atoms. The van der Waals surface area contributed by atoms with Crippen LogP contribution in [0, 0.1) is 0 Å². The van der Waals surface area contributed by atoms with E-state index in [-0.39, 0.29) is 16.9 Å². The number of ketones is 2. The van der Waals surface area contributed by atoms with Gasteiger partial charge in [0.1, 0.15) is 5.75 Å². The van der Waals surface area contributed by atoms with Crippen LogP contribution in [0.1, 0.15) is 31.8 Å². The Morgan fingerprint density at radius 3 is 1.60 bits per heavy atom. The molecule has 4 rings (SSSR count). The number of alkyl halides is 6. The van der Waals surface area contributed by atoms with E-state index in [1.165, 1.54) is 49.6 Å². The number of rotatable bonds is 6. The highest BCUT2D eigenvalue weighted by molar-refractivity contribution is 7.88. The fourth-order valence-corrected chi connectivity index (χ4v) is 4.64. The molecule has 0 heterocycles. The van der Waals surface area contributed by atoms with E-state index < -0.39 is 76.6 Å². The molecule has 1 aliphatic rings. The summed E-state index contributed by atoms with van der Waals surface area (Å²) in [5, 5.41) is 0. The molecule has 0 fully saturated rings. The largest absolute Gasteiger partial charge is 0.534 e. The Morgan fingerprint density at radius 1 is 0.650 bits per heavy atom. The molecule has 0 radical (unpaired) electrons. The van der Waals surface area contributed by atoms with Gasteiger partial charge in [0.05, 0.1) is 12.7 Å². The molecular formula is C23H12F6O9S2. The van der Waals surface area contributed by atoms with Crippen molar-refractivity contribution in [2.45, 2.75) is 11.0 Å². The molecule has 0 saturated carbocycles. The van der Waals surface area contributed by atoms with Gasteiger partial charge in [-0.1, -0.05) is 36.4 Å². The van der Waals surface area contributed by atoms with Gasteiger partial charge < -0.3 is 13.1 Å². The number of hydrogen-bond donors (Lipinski definition) is 0. The van der Waals surface area contributed by atoms with E-state index in [0.29, 0.717) is 6.07 Å². The van der Waals surface area contributed by atoms with Crippen molar-refractivity contribution in [2.75, 3.05) is 7.11 Å². The summed E-state index contributed by atoms with van der Waals surface area (Å²) in [5.41, 5.74) is -15.7. The van der Waals surface area contributed by atoms with Gasteiger partial charge in [0.2, 0.25) is 0 Å². The number of hydrogen-bond acceptors (Lipinski definition) is 9. The number of fused-ring (bicyclic) bond motifs is 2. The Kier molecular flexibility index (Phi) is 6.87. The third-order valence-corrected chi connectivity index (χ3v) is 7.40. The Bertz CT molecular complexity index is 1760. The quantitative estimate of drug-likeness (QED) is 0.175. The first-order valence-corrected chi connectivity index (χ1v) is 13.3. The highest BCUT2D eigenvalue weighted by Crippen LogP contribution is 2.47. The molecule has 3 aromatic carbocycles. The van der Waals surface area contributed by atoms with E-state index >= 15 is 0 Å². The molecule has 3 aromatic rings. The number of halogens is 6. The predicted molar refractivity (Wildman–Crippen MR) is 123 cm³/mol. The van der Waals surface area contributed by atoms with Gasteiger partial charge in [0.25, 0.3) is 0 Å². The minimum Gasteiger partial charge on any atom is -0.497 e. The Hall–Kier alpha value is -4.12. The minimum atomic E-state index is -6.74. The van der Waals surface area contributed by atoms with Gasteiger partial charge in [-0.3, -0.25) is 9.59 Å². The van der Waals surface area contributed by atoms with Crippen LogP contribution >= 0.6 is 0 Å². The normalized spacial score (nSPS) is 13.9. The van der Waals surface area contributed by atoms with Crippen LogP contribution in [-0.2, 0) is 20.2 Å². The topological polar surface area (TPSA) is 130 Å². The van der Waals surface area contributed by atoms with Crippen molar-refractivity contribution in [1.82, 2.24) is 0 Å². The first kappa shape index (κ1) is 28.9. The molecule has 0 N–H and O–H groups in total. The van der Waals surface area contributed by atoms with Crippen LogP contribution in [0.3, 0.4) is 0 Å². The lowest BCUT2D eigenvalue weighted by Gasteiger charge is -2.25. The number of benzene rings is 3. The van der Waals surface area contributed by atoms with Gasteiger partial charge in [-0.05, 0) is 29.3 Å². The van der Waals surface area contributed by atoms with Crippen LogP contribution in [0.2, 0.25) is 0 Å². The summed E-state index contributed by atoms with van der Waals surface area (Å²) in [6.45, 7) is 0. The lowest BCUT2D eigenvalue weighted by atomic mass is 9.79. The second-order valence-corrected chi connectivity index (χ2v) is 11.0. The maximum absolute atomic E-state index is 13.5. The van der Waals surface area contributed by atoms with Crippen LogP contribution in [0.4, 0.5) is 26.3 Å². The van der Waals surface area contributed by atoms with Crippen molar-refractivity contribution in [3.05, 3.63) is 76.9 Å². The Morgan fingerprint density at radius 2 is 1.12 bits per heavy atom. The van der Waals surface area contributed by atoms with Crippen molar-refractivity contribution in [3.8, 4) is 28.4 Å². The maximum Gasteiger partial charge on any atom is 0.534 e. The number of carbonyl (C=O) groups excluding carboxylic acids is 2. The molecule has 0 aromatic heterocycles. The summed E-state index contributed by atoms with van der Waals surface area (Å²) in [6.07, 6.45) is 0. The van der Waals surface area contributed by atoms with Crippen LogP contribution in [0.25, 0.3) is 11.1 Å². The first-order chi connectivity index (χ1) is 18.4. The lowest BCUT2D eigenvalue weighted by molar-refractivity contribution is -0.0513. The maximum atomic E-state index is 13.5. The van der Waals surface area contributed by atoms with Crippen LogP contribution < -0.4 is 13.1 Å². The molecule has 0 atom stereocenters. The average molecular weight is 610 g/mol. The summed E-state index contributed by atoms with van der Waals surface area (Å²) in [5.74, 6) is -5.81. The zero-order valence-corrected chi connectivity index (χ0v) is 21.1. The van der Waals surface area contributed by atoms with E-state index in [1.807, 2.05) is 0 Å². The Balaban J connectivity index is 2.15. The zero-order chi connectivity index (χ0) is 29.8. The van der Waals surface area contributed by atoms with Crippen LogP contribution in [-0.4, -0.2) is 46.5 Å². The van der Waals surface area contributed by atoms with E-state index in [4.69, 9.17) is 4.74 Å². The van der Waals surface area contributed by atoms with Gasteiger partial charge in [0.15, 0.2) is 23.1 Å². The Labute approximate surface area is 221 Å². The zero-order valence-electron chi connectivity index (χ0n) is 19.5. The van der Waals surface area contributed by atoms with Crippen molar-refractivity contribution in [3.63, 3.8) is 0 Å². The second kappa shape index (κ2) is 9.51. The molecule has 0 aliphatic heterocycles. The molecule has 0 unspecified atom stereocenters. The molecule has 212 valence electrons. The summed E-state index contributed by atoms with van der Waals surface area (Å²) in [6, 6.07) is 10.2. The summed E-state index contributed by atoms with van der Waals surface area (Å²) in [7, 11) is -12.1. The SMILES string of the molecule is COc1ccc(-c2cc(OS(=O)(=O)C(F)(F)F)c(OS(=O)(=O)C(F)(F)F)c3c2C(=O)c2ccccc2C3=O)cc1. The summed E-state index contributed by atoms with van der Waals surface area (Å²) in [4.78, 5) is 27.0. The van der Waals surface area contributed by atoms with Gasteiger partial charge in [0, 0.05) is 16.7 Å². The molecule has 40 heavy (non-hydrogen) atoms. The molecule has 0 saturated heterocycles. The third-order valence-electron chi connectivity index (χ3n) is 5.48. The molecule has 0 amide bonds. The molecular weight excluding hydrogens is 598 g/mol. The van der Waals surface area contributed by atoms with E-state index in [0.717, 1.165) is 6.07 Å². The highest BCUT2D eigenvalue weighted by atomic mass is 32.2. The van der Waals surface area contributed by atoms with Crippen LogP contribution in [0.5, 0.6) is 17.2 Å². The fourth-order valence-electron chi connectivity index (χ4n) is 3.71. The van der Waals surface area contributed by atoms with Crippen molar-refractivity contribution in [2.24, 2.45) is 0 Å². The van der Waals surface area contributed by atoms with E-state index in [9.17, 15) is 52.8 Å². The second-order valence-electron chi connectivity index (χ2n) is 7.90. The molecule has 0 spiro atoms. The predicted octanol–water partition coefficient (Wildman–Crippen LogP) is 4.59. The molecule has 17 heteroatoms. The monoisotopic (exact) mass is 610 g/mol. The summed E-state index contributed by atoms with van der Waals surface area (Å²) < 4.78 is 140. The van der Waals surface area contributed by atoms with E-state index in [2.05, 4.69) is 8.37 Å². The van der Waals surface area contributed by atoms with Gasteiger partial charge in [-0.15, -0.1) is 0 Å². The number of methoxy groups -OCH3 is 1. The molecule has 9 nitrogen and oxygen atoms in total. The molecule has 1 aliphatic carbocycles. The minimum absolute atomic E-state index is 0.0722. The van der Waals surface area contributed by atoms with Crippen molar-refractivity contribution < 1.29 is 65.9 Å².